The molecule has 3 atom stereocenters. The van der Waals surface area contributed by atoms with Crippen molar-refractivity contribution in [3.05, 3.63) is 47.8 Å². The van der Waals surface area contributed by atoms with E-state index in [4.69, 9.17) is 20.2 Å². The van der Waals surface area contributed by atoms with Crippen LogP contribution in [0.1, 0.15) is 37.3 Å². The van der Waals surface area contributed by atoms with E-state index >= 15 is 0 Å². The number of hydrogen-bond donors (Lipinski definition) is 1. The Labute approximate surface area is 157 Å². The van der Waals surface area contributed by atoms with E-state index < -0.39 is 5.54 Å². The van der Waals surface area contributed by atoms with Crippen LogP contribution in [0.15, 0.2) is 41.7 Å². The minimum Gasteiger partial charge on any atom is -0.487 e. The zero-order valence-electron chi connectivity index (χ0n) is 15.1. The number of fused-ring (bicyclic) bond motifs is 4. The summed E-state index contributed by atoms with van der Waals surface area (Å²) >= 11 is 0. The fraction of sp³-hybridized carbons (Fsp3) is 0.381. The molecule has 1 aromatic carbocycles. The maximum Gasteiger partial charge on any atom is 0.283 e. The average Bonchev–Trinajstić information content (AvgIpc) is 3.26. The number of nitriles is 1. The summed E-state index contributed by atoms with van der Waals surface area (Å²) in [7, 11) is 0. The van der Waals surface area contributed by atoms with E-state index in [1.165, 1.54) is 0 Å². The van der Waals surface area contributed by atoms with Gasteiger partial charge in [0, 0.05) is 29.4 Å². The van der Waals surface area contributed by atoms with Crippen LogP contribution in [-0.2, 0) is 10.3 Å². The standard InChI is InChI=1S/C21H20N4O2/c1-20-6-2-3-18(20)21(12-26-19(23)25-21)16-8-14(4-5-17(16)27-20)15-7-13(9-22)10-24-11-15/h4-5,7-8,10-11,18H,2-3,6,12H2,1H3,(H2,23,25)/t18-,20+,21?/m1/s1. The van der Waals surface area contributed by atoms with E-state index in [1.807, 2.05) is 18.2 Å². The summed E-state index contributed by atoms with van der Waals surface area (Å²) in [6, 6.07) is 10.3. The van der Waals surface area contributed by atoms with Crippen LogP contribution in [0.3, 0.4) is 0 Å². The van der Waals surface area contributed by atoms with Gasteiger partial charge in [-0.3, -0.25) is 4.98 Å². The molecule has 0 saturated heterocycles. The van der Waals surface area contributed by atoms with Crippen molar-refractivity contribution in [2.24, 2.45) is 16.6 Å². The molecular formula is C21H20N4O2. The van der Waals surface area contributed by atoms with Crippen LogP contribution < -0.4 is 10.5 Å². The van der Waals surface area contributed by atoms with Gasteiger partial charge >= 0.3 is 0 Å². The molecule has 1 spiro atoms. The molecule has 3 heterocycles. The molecule has 2 N–H and O–H groups in total. The molecule has 2 aliphatic heterocycles. The van der Waals surface area contributed by atoms with Gasteiger partial charge in [0.05, 0.1) is 5.56 Å². The van der Waals surface area contributed by atoms with Crippen LogP contribution in [0.25, 0.3) is 11.1 Å². The highest BCUT2D eigenvalue weighted by atomic mass is 16.5. The number of benzene rings is 1. The molecule has 1 aliphatic carbocycles. The van der Waals surface area contributed by atoms with Crippen LogP contribution >= 0.6 is 0 Å². The maximum absolute atomic E-state index is 9.17. The average molecular weight is 360 g/mol. The highest BCUT2D eigenvalue weighted by molar-refractivity contribution is 5.75. The largest absolute Gasteiger partial charge is 0.487 e. The zero-order valence-corrected chi connectivity index (χ0v) is 15.1. The summed E-state index contributed by atoms with van der Waals surface area (Å²) in [5.41, 5.74) is 8.59. The molecular weight excluding hydrogens is 340 g/mol. The third-order valence-electron chi connectivity index (χ3n) is 6.22. The number of nitrogens with two attached hydrogens (primary N) is 1. The van der Waals surface area contributed by atoms with E-state index in [9.17, 15) is 5.26 Å². The molecule has 27 heavy (non-hydrogen) atoms. The van der Waals surface area contributed by atoms with E-state index in [0.29, 0.717) is 12.2 Å². The number of pyridine rings is 1. The third kappa shape index (κ3) is 2.24. The van der Waals surface area contributed by atoms with Gasteiger partial charge in [0.2, 0.25) is 0 Å². The Morgan fingerprint density at radius 2 is 2.15 bits per heavy atom. The Kier molecular flexibility index (Phi) is 3.26. The number of aromatic nitrogens is 1. The van der Waals surface area contributed by atoms with Crippen molar-refractivity contribution in [2.45, 2.75) is 37.3 Å². The number of ether oxygens (including phenoxy) is 2. The first-order valence-electron chi connectivity index (χ1n) is 9.21. The molecule has 1 aromatic heterocycles. The van der Waals surface area contributed by atoms with E-state index in [0.717, 1.165) is 41.7 Å². The summed E-state index contributed by atoms with van der Waals surface area (Å²) in [5, 5.41) is 9.17. The third-order valence-corrected chi connectivity index (χ3v) is 6.22. The molecule has 1 unspecified atom stereocenters. The highest BCUT2D eigenvalue weighted by Gasteiger charge is 2.60. The number of rotatable bonds is 1. The number of nitrogens with zero attached hydrogens (tertiary/aromatic N) is 3. The monoisotopic (exact) mass is 360 g/mol. The van der Waals surface area contributed by atoms with Gasteiger partial charge in [-0.15, -0.1) is 0 Å². The maximum atomic E-state index is 9.17. The second kappa shape index (κ2) is 5.46. The van der Waals surface area contributed by atoms with Gasteiger partial charge in [-0.25, -0.2) is 4.99 Å². The molecule has 3 aliphatic rings. The van der Waals surface area contributed by atoms with Gasteiger partial charge < -0.3 is 15.2 Å². The minimum atomic E-state index is -0.515. The van der Waals surface area contributed by atoms with Gasteiger partial charge in [-0.1, -0.05) is 6.07 Å². The molecule has 5 rings (SSSR count). The van der Waals surface area contributed by atoms with Gasteiger partial charge in [0.1, 0.15) is 29.6 Å². The van der Waals surface area contributed by atoms with Crippen LogP contribution in [-0.4, -0.2) is 23.2 Å². The molecule has 1 fully saturated rings. The van der Waals surface area contributed by atoms with Crippen molar-refractivity contribution < 1.29 is 9.47 Å². The van der Waals surface area contributed by atoms with Crippen LogP contribution in [0.4, 0.5) is 0 Å². The zero-order chi connectivity index (χ0) is 18.6. The second-order valence-corrected chi connectivity index (χ2v) is 7.81. The van der Waals surface area contributed by atoms with Gasteiger partial charge in [0.15, 0.2) is 0 Å². The van der Waals surface area contributed by atoms with Crippen molar-refractivity contribution >= 4 is 6.02 Å². The van der Waals surface area contributed by atoms with Crippen molar-refractivity contribution in [3.63, 3.8) is 0 Å². The summed E-state index contributed by atoms with van der Waals surface area (Å²) in [6.45, 7) is 2.61. The van der Waals surface area contributed by atoms with E-state index in [-0.39, 0.29) is 17.5 Å². The van der Waals surface area contributed by atoms with Crippen molar-refractivity contribution in [2.75, 3.05) is 6.61 Å². The first-order valence-corrected chi connectivity index (χ1v) is 9.21. The Morgan fingerprint density at radius 3 is 2.93 bits per heavy atom. The Hall–Kier alpha value is -3.07. The van der Waals surface area contributed by atoms with Crippen molar-refractivity contribution in [1.29, 1.82) is 5.26 Å². The minimum absolute atomic E-state index is 0.220. The van der Waals surface area contributed by atoms with Crippen LogP contribution in [0, 0.1) is 17.2 Å². The lowest BCUT2D eigenvalue weighted by atomic mass is 9.69. The molecule has 0 amide bonds. The van der Waals surface area contributed by atoms with E-state index in [2.05, 4.69) is 24.0 Å². The van der Waals surface area contributed by atoms with Gasteiger partial charge in [-0.05, 0) is 49.9 Å². The second-order valence-electron chi connectivity index (χ2n) is 7.81. The molecule has 2 aromatic rings. The highest BCUT2D eigenvalue weighted by Crippen LogP contribution is 2.58. The fourth-order valence-electron chi connectivity index (χ4n) is 5.00. The predicted octanol–water partition coefficient (Wildman–Crippen LogP) is 3.11. The SMILES string of the molecule is C[C@]12CCC[C@H]1C1(COC(N)=N1)c1cc(-c3cncc(C#N)c3)ccc1O2. The van der Waals surface area contributed by atoms with Crippen LogP contribution in [0.2, 0.25) is 0 Å². The number of amidine groups is 1. The lowest BCUT2D eigenvalue weighted by molar-refractivity contribution is -0.0210. The summed E-state index contributed by atoms with van der Waals surface area (Å²) in [6.07, 6.45) is 6.47. The Morgan fingerprint density at radius 1 is 1.26 bits per heavy atom. The Balaban J connectivity index is 1.69. The predicted molar refractivity (Wildman–Crippen MR) is 100 cm³/mol. The van der Waals surface area contributed by atoms with E-state index in [1.54, 1.807) is 12.4 Å². The van der Waals surface area contributed by atoms with Crippen molar-refractivity contribution in [1.82, 2.24) is 4.98 Å². The first-order chi connectivity index (χ1) is 13.0. The molecule has 6 nitrogen and oxygen atoms in total. The molecule has 0 radical (unpaired) electrons. The molecule has 6 heteroatoms. The summed E-state index contributed by atoms with van der Waals surface area (Å²) < 4.78 is 12.1. The lowest BCUT2D eigenvalue weighted by Crippen LogP contribution is -2.52. The van der Waals surface area contributed by atoms with Gasteiger partial charge in [0.25, 0.3) is 6.02 Å². The van der Waals surface area contributed by atoms with Crippen LogP contribution in [0.5, 0.6) is 5.75 Å². The quantitative estimate of drug-likeness (QED) is 0.843. The van der Waals surface area contributed by atoms with Crippen molar-refractivity contribution in [3.8, 4) is 22.9 Å². The van der Waals surface area contributed by atoms with Gasteiger partial charge in [-0.2, -0.15) is 5.26 Å². The fourth-order valence-corrected chi connectivity index (χ4v) is 5.00. The molecule has 136 valence electrons. The summed E-state index contributed by atoms with van der Waals surface area (Å²) in [4.78, 5) is 8.98. The lowest BCUT2D eigenvalue weighted by Gasteiger charge is -2.47. The number of hydrogen-bond acceptors (Lipinski definition) is 6. The smallest absolute Gasteiger partial charge is 0.283 e. The topological polar surface area (TPSA) is 93.5 Å². The normalized spacial score (nSPS) is 30.7. The number of aliphatic imine (C=N–C) groups is 1. The summed E-state index contributed by atoms with van der Waals surface area (Å²) in [5.74, 6) is 1.06. The Bertz CT molecular complexity index is 1010. The first kappa shape index (κ1) is 16.1. The molecule has 0 bridgehead atoms. The molecule has 1 saturated carbocycles.